The monoisotopic (exact) mass is 236 g/mol. The van der Waals surface area contributed by atoms with Gasteiger partial charge in [0.05, 0.1) is 12.1 Å². The molecule has 0 aliphatic heterocycles. The lowest BCUT2D eigenvalue weighted by atomic mass is 9.94. The maximum atomic E-state index is 5.69. The summed E-state index contributed by atoms with van der Waals surface area (Å²) in [5.41, 5.74) is 6.64. The third kappa shape index (κ3) is 3.53. The van der Waals surface area contributed by atoms with E-state index in [4.69, 9.17) is 10.6 Å². The zero-order valence-electron chi connectivity index (χ0n) is 11.3. The summed E-state index contributed by atoms with van der Waals surface area (Å²) in [6.45, 7) is 6.37. The summed E-state index contributed by atoms with van der Waals surface area (Å²) in [5, 5.41) is 0. The lowest BCUT2D eigenvalue weighted by molar-refractivity contribution is 0.0604. The van der Waals surface area contributed by atoms with Crippen LogP contribution in [-0.4, -0.2) is 13.2 Å². The fraction of sp³-hybridized carbons (Fsp3) is 0.571. The van der Waals surface area contributed by atoms with Gasteiger partial charge in [0.1, 0.15) is 0 Å². The summed E-state index contributed by atoms with van der Waals surface area (Å²) in [7, 11) is 1.74. The van der Waals surface area contributed by atoms with E-state index in [1.807, 2.05) is 0 Å². The van der Waals surface area contributed by atoms with Crippen molar-refractivity contribution < 1.29 is 4.74 Å². The molecule has 0 aliphatic carbocycles. The molecule has 0 spiro atoms. The maximum Gasteiger partial charge on any atom is 0.0778 e. The van der Waals surface area contributed by atoms with Crippen LogP contribution in [0.25, 0.3) is 0 Å². The van der Waals surface area contributed by atoms with Crippen LogP contribution < -0.4 is 11.3 Å². The van der Waals surface area contributed by atoms with E-state index < -0.39 is 0 Å². The molecule has 3 N–H and O–H groups in total. The SMILES string of the molecule is CCCC(OC)C(NN)c1ccc(C)cc1C. The molecule has 1 rings (SSSR count). The van der Waals surface area contributed by atoms with Gasteiger partial charge in [0, 0.05) is 7.11 Å². The summed E-state index contributed by atoms with van der Waals surface area (Å²) < 4.78 is 5.54. The van der Waals surface area contributed by atoms with E-state index in [-0.39, 0.29) is 12.1 Å². The molecule has 0 heterocycles. The first-order valence-corrected chi connectivity index (χ1v) is 6.20. The summed E-state index contributed by atoms with van der Waals surface area (Å²) in [4.78, 5) is 0. The molecule has 96 valence electrons. The van der Waals surface area contributed by atoms with Gasteiger partial charge in [-0.15, -0.1) is 0 Å². The van der Waals surface area contributed by atoms with Gasteiger partial charge in [-0.25, -0.2) is 0 Å². The largest absolute Gasteiger partial charge is 0.379 e. The van der Waals surface area contributed by atoms with Gasteiger partial charge >= 0.3 is 0 Å². The number of aryl methyl sites for hydroxylation is 2. The zero-order valence-corrected chi connectivity index (χ0v) is 11.3. The van der Waals surface area contributed by atoms with E-state index >= 15 is 0 Å². The van der Waals surface area contributed by atoms with Crippen molar-refractivity contribution in [1.29, 1.82) is 0 Å². The van der Waals surface area contributed by atoms with Crippen molar-refractivity contribution in [2.75, 3.05) is 7.11 Å². The van der Waals surface area contributed by atoms with Gasteiger partial charge in [-0.3, -0.25) is 11.3 Å². The highest BCUT2D eigenvalue weighted by molar-refractivity contribution is 5.33. The number of methoxy groups -OCH3 is 1. The van der Waals surface area contributed by atoms with Crippen LogP contribution in [0, 0.1) is 13.8 Å². The minimum Gasteiger partial charge on any atom is -0.379 e. The Morgan fingerprint density at radius 3 is 2.53 bits per heavy atom. The number of hydrazine groups is 1. The average Bonchev–Trinajstić information content (AvgIpc) is 2.31. The standard InChI is InChI=1S/C14H24N2O/c1-5-6-13(17-4)14(16-15)12-8-7-10(2)9-11(12)3/h7-9,13-14,16H,5-6,15H2,1-4H3. The first kappa shape index (κ1) is 14.2. The molecular weight excluding hydrogens is 212 g/mol. The van der Waals surface area contributed by atoms with E-state index in [0.29, 0.717) is 0 Å². The second-order valence-electron chi connectivity index (χ2n) is 4.57. The fourth-order valence-electron chi connectivity index (χ4n) is 2.28. The molecule has 2 atom stereocenters. The average molecular weight is 236 g/mol. The van der Waals surface area contributed by atoms with Crippen LogP contribution in [0.2, 0.25) is 0 Å². The Labute approximate surface area is 104 Å². The first-order valence-electron chi connectivity index (χ1n) is 6.20. The number of nitrogens with two attached hydrogens (primary N) is 1. The van der Waals surface area contributed by atoms with Crippen LogP contribution in [0.15, 0.2) is 18.2 Å². The van der Waals surface area contributed by atoms with Gasteiger partial charge in [0.15, 0.2) is 0 Å². The predicted molar refractivity (Wildman–Crippen MR) is 71.7 cm³/mol. The number of rotatable bonds is 6. The second-order valence-corrected chi connectivity index (χ2v) is 4.57. The minimum absolute atomic E-state index is 0.0561. The van der Waals surface area contributed by atoms with Crippen molar-refractivity contribution >= 4 is 0 Å². The molecule has 0 amide bonds. The molecule has 0 bridgehead atoms. The minimum atomic E-state index is 0.0561. The van der Waals surface area contributed by atoms with E-state index in [0.717, 1.165) is 12.8 Å². The molecule has 0 saturated carbocycles. The maximum absolute atomic E-state index is 5.69. The van der Waals surface area contributed by atoms with Gasteiger partial charge in [-0.2, -0.15) is 0 Å². The molecular formula is C14H24N2O. The molecule has 1 aromatic rings. The number of hydrogen-bond acceptors (Lipinski definition) is 3. The third-order valence-electron chi connectivity index (χ3n) is 3.19. The third-order valence-corrected chi connectivity index (χ3v) is 3.19. The van der Waals surface area contributed by atoms with E-state index in [2.05, 4.69) is 44.4 Å². The molecule has 1 aromatic carbocycles. The Hall–Kier alpha value is -0.900. The Balaban J connectivity index is 2.99. The Morgan fingerprint density at radius 1 is 1.35 bits per heavy atom. The van der Waals surface area contributed by atoms with Gasteiger partial charge in [0.25, 0.3) is 0 Å². The molecule has 3 heteroatoms. The molecule has 0 aliphatic rings. The summed E-state index contributed by atoms with van der Waals surface area (Å²) in [5.74, 6) is 5.69. The van der Waals surface area contributed by atoms with Gasteiger partial charge in [0.2, 0.25) is 0 Å². The smallest absolute Gasteiger partial charge is 0.0778 e. The molecule has 0 aromatic heterocycles. The number of hydrogen-bond donors (Lipinski definition) is 2. The van der Waals surface area contributed by atoms with Crippen LogP contribution in [0.1, 0.15) is 42.5 Å². The Morgan fingerprint density at radius 2 is 2.06 bits per heavy atom. The molecule has 0 fully saturated rings. The summed E-state index contributed by atoms with van der Waals surface area (Å²) >= 11 is 0. The van der Waals surface area contributed by atoms with Crippen LogP contribution in [0.3, 0.4) is 0 Å². The van der Waals surface area contributed by atoms with E-state index in [9.17, 15) is 0 Å². The molecule has 0 radical (unpaired) electrons. The highest BCUT2D eigenvalue weighted by Gasteiger charge is 2.22. The van der Waals surface area contributed by atoms with Gasteiger partial charge in [-0.1, -0.05) is 37.1 Å². The first-order chi connectivity index (χ1) is 8.13. The van der Waals surface area contributed by atoms with Crippen LogP contribution in [-0.2, 0) is 4.74 Å². The van der Waals surface area contributed by atoms with Crippen LogP contribution >= 0.6 is 0 Å². The number of benzene rings is 1. The van der Waals surface area contributed by atoms with Crippen molar-refractivity contribution in [3.05, 3.63) is 34.9 Å². The van der Waals surface area contributed by atoms with Gasteiger partial charge in [-0.05, 0) is 31.4 Å². The van der Waals surface area contributed by atoms with Crippen LogP contribution in [0.4, 0.5) is 0 Å². The molecule has 17 heavy (non-hydrogen) atoms. The normalized spacial score (nSPS) is 14.6. The predicted octanol–water partition coefficient (Wildman–Crippen LogP) is 2.62. The highest BCUT2D eigenvalue weighted by atomic mass is 16.5. The lowest BCUT2D eigenvalue weighted by Gasteiger charge is -2.27. The van der Waals surface area contributed by atoms with Crippen molar-refractivity contribution in [2.45, 2.75) is 45.8 Å². The van der Waals surface area contributed by atoms with Crippen molar-refractivity contribution in [3.8, 4) is 0 Å². The Kier molecular flexibility index (Phi) is 5.62. The fourth-order valence-corrected chi connectivity index (χ4v) is 2.28. The van der Waals surface area contributed by atoms with Crippen molar-refractivity contribution in [2.24, 2.45) is 5.84 Å². The van der Waals surface area contributed by atoms with Crippen molar-refractivity contribution in [3.63, 3.8) is 0 Å². The molecule has 2 unspecified atom stereocenters. The molecule has 3 nitrogen and oxygen atoms in total. The zero-order chi connectivity index (χ0) is 12.8. The molecule has 0 saturated heterocycles. The van der Waals surface area contributed by atoms with Crippen molar-refractivity contribution in [1.82, 2.24) is 5.43 Å². The second kappa shape index (κ2) is 6.74. The topological polar surface area (TPSA) is 47.3 Å². The summed E-state index contributed by atoms with van der Waals surface area (Å²) in [6, 6.07) is 6.49. The quantitative estimate of drug-likeness (QED) is 0.589. The Bertz CT molecular complexity index is 352. The lowest BCUT2D eigenvalue weighted by Crippen LogP contribution is -2.38. The number of ether oxygens (including phenoxy) is 1. The van der Waals surface area contributed by atoms with E-state index in [1.54, 1.807) is 7.11 Å². The summed E-state index contributed by atoms with van der Waals surface area (Å²) in [6.07, 6.45) is 2.20. The number of nitrogens with one attached hydrogen (secondary N) is 1. The van der Waals surface area contributed by atoms with Gasteiger partial charge < -0.3 is 4.74 Å². The van der Waals surface area contributed by atoms with Crippen LogP contribution in [0.5, 0.6) is 0 Å². The van der Waals surface area contributed by atoms with E-state index in [1.165, 1.54) is 16.7 Å². The highest BCUT2D eigenvalue weighted by Crippen LogP contribution is 2.25.